The third-order valence-corrected chi connectivity index (χ3v) is 7.26. The molecule has 1 aliphatic heterocycles. The van der Waals surface area contributed by atoms with Crippen molar-refractivity contribution in [1.29, 1.82) is 0 Å². The highest BCUT2D eigenvalue weighted by molar-refractivity contribution is 7.90. The number of piperidine rings is 1. The molecule has 1 unspecified atom stereocenters. The molecule has 8 heteroatoms. The summed E-state index contributed by atoms with van der Waals surface area (Å²) >= 11 is 0. The Hall–Kier alpha value is -2.74. The maximum Gasteiger partial charge on any atom is 0.227 e. The van der Waals surface area contributed by atoms with Gasteiger partial charge >= 0.3 is 0 Å². The molecule has 2 aromatic carbocycles. The molecule has 0 radical (unpaired) electrons. The quantitative estimate of drug-likeness (QED) is 0.584. The number of carbonyl (C=O) groups excluding carboxylic acids is 2. The predicted molar refractivity (Wildman–Crippen MR) is 121 cm³/mol. The van der Waals surface area contributed by atoms with Gasteiger partial charge in [-0.1, -0.05) is 42.5 Å². The molecular formula is C24H29FN2O4S. The van der Waals surface area contributed by atoms with Crippen molar-refractivity contribution < 1.29 is 22.4 Å². The number of nitrogens with one attached hydrogen (secondary N) is 1. The molecule has 0 spiro atoms. The van der Waals surface area contributed by atoms with E-state index in [0.29, 0.717) is 25.9 Å². The van der Waals surface area contributed by atoms with E-state index in [1.54, 1.807) is 29.2 Å². The first-order valence-corrected chi connectivity index (χ1v) is 12.7. The molecule has 1 fully saturated rings. The molecule has 32 heavy (non-hydrogen) atoms. The average Bonchev–Trinajstić information content (AvgIpc) is 2.78. The molecule has 1 N–H and O–H groups in total. The van der Waals surface area contributed by atoms with E-state index in [9.17, 15) is 22.4 Å². The molecule has 6 nitrogen and oxygen atoms in total. The molecule has 1 aliphatic rings. The molecule has 3 rings (SSSR count). The lowest BCUT2D eigenvalue weighted by molar-refractivity contribution is -0.135. The van der Waals surface area contributed by atoms with Gasteiger partial charge in [-0.05, 0) is 42.5 Å². The van der Waals surface area contributed by atoms with E-state index in [1.807, 2.05) is 18.2 Å². The standard InChI is InChI=1S/C24H29FN2O4S/c25-22-11-9-19(10-12-22)16-23(28)27-14-4-8-21(17-27)24(29)26-13-5-15-32(30,31)18-20-6-2-1-3-7-20/h1-3,6-7,9-12,21H,4-5,8,13-18H2,(H,26,29). The van der Waals surface area contributed by atoms with E-state index in [2.05, 4.69) is 5.32 Å². The Kier molecular flexibility index (Phi) is 8.39. The van der Waals surface area contributed by atoms with Crippen molar-refractivity contribution in [2.45, 2.75) is 31.4 Å². The Labute approximate surface area is 188 Å². The van der Waals surface area contributed by atoms with Crippen molar-refractivity contribution in [1.82, 2.24) is 10.2 Å². The third kappa shape index (κ3) is 7.44. The van der Waals surface area contributed by atoms with Gasteiger partial charge in [-0.3, -0.25) is 9.59 Å². The van der Waals surface area contributed by atoms with Crippen LogP contribution < -0.4 is 5.32 Å². The van der Waals surface area contributed by atoms with Crippen LogP contribution in [0.25, 0.3) is 0 Å². The zero-order chi connectivity index (χ0) is 23.0. The first kappa shape index (κ1) is 23.9. The summed E-state index contributed by atoms with van der Waals surface area (Å²) in [5.41, 5.74) is 1.49. The molecule has 1 heterocycles. The van der Waals surface area contributed by atoms with Gasteiger partial charge in [0.1, 0.15) is 5.82 Å². The molecule has 0 bridgehead atoms. The largest absolute Gasteiger partial charge is 0.356 e. The zero-order valence-electron chi connectivity index (χ0n) is 18.0. The number of hydrogen-bond acceptors (Lipinski definition) is 4. The fraction of sp³-hybridized carbons (Fsp3) is 0.417. The summed E-state index contributed by atoms with van der Waals surface area (Å²) in [5.74, 6) is -0.874. The van der Waals surface area contributed by atoms with Gasteiger partial charge in [0, 0.05) is 19.6 Å². The second kappa shape index (κ2) is 11.2. The van der Waals surface area contributed by atoms with Gasteiger partial charge in [0.25, 0.3) is 0 Å². The number of carbonyl (C=O) groups is 2. The lowest BCUT2D eigenvalue weighted by atomic mass is 9.96. The van der Waals surface area contributed by atoms with Crippen molar-refractivity contribution in [3.63, 3.8) is 0 Å². The van der Waals surface area contributed by atoms with Crippen LogP contribution >= 0.6 is 0 Å². The SMILES string of the molecule is O=C(NCCCS(=O)(=O)Cc1ccccc1)C1CCCN(C(=O)Cc2ccc(F)cc2)C1. The van der Waals surface area contributed by atoms with Gasteiger partial charge < -0.3 is 10.2 Å². The molecule has 172 valence electrons. The predicted octanol–water partition coefficient (Wildman–Crippen LogP) is 2.73. The van der Waals surface area contributed by atoms with Gasteiger partial charge in [-0.25, -0.2) is 12.8 Å². The van der Waals surface area contributed by atoms with Crippen LogP contribution in [-0.2, 0) is 31.6 Å². The highest BCUT2D eigenvalue weighted by Gasteiger charge is 2.28. The summed E-state index contributed by atoms with van der Waals surface area (Å²) in [5, 5.41) is 2.82. The average molecular weight is 461 g/mol. The number of rotatable bonds is 9. The van der Waals surface area contributed by atoms with Gasteiger partial charge in [-0.15, -0.1) is 0 Å². The van der Waals surface area contributed by atoms with E-state index < -0.39 is 9.84 Å². The minimum Gasteiger partial charge on any atom is -0.356 e. The van der Waals surface area contributed by atoms with Crippen LogP contribution in [0.4, 0.5) is 4.39 Å². The van der Waals surface area contributed by atoms with E-state index in [-0.39, 0.29) is 48.0 Å². The number of amides is 2. The monoisotopic (exact) mass is 460 g/mol. The zero-order valence-corrected chi connectivity index (χ0v) is 18.8. The Morgan fingerprint density at radius 2 is 1.75 bits per heavy atom. The van der Waals surface area contributed by atoms with Crippen LogP contribution in [0.5, 0.6) is 0 Å². The molecule has 2 amide bonds. The summed E-state index contributed by atoms with van der Waals surface area (Å²) in [4.78, 5) is 26.8. The van der Waals surface area contributed by atoms with Crippen molar-refractivity contribution in [2.75, 3.05) is 25.4 Å². The minimum atomic E-state index is -3.24. The number of halogens is 1. The van der Waals surface area contributed by atoms with Crippen LogP contribution in [0.2, 0.25) is 0 Å². The van der Waals surface area contributed by atoms with Crippen LogP contribution in [0, 0.1) is 11.7 Å². The summed E-state index contributed by atoms with van der Waals surface area (Å²) in [6.45, 7) is 1.23. The number of likely N-dealkylation sites (tertiary alicyclic amines) is 1. The number of nitrogens with zero attached hydrogens (tertiary/aromatic N) is 1. The first-order valence-electron chi connectivity index (χ1n) is 10.9. The van der Waals surface area contributed by atoms with Gasteiger partial charge in [0.15, 0.2) is 9.84 Å². The Morgan fingerprint density at radius 1 is 1.03 bits per heavy atom. The summed E-state index contributed by atoms with van der Waals surface area (Å²) < 4.78 is 37.5. The first-order chi connectivity index (χ1) is 15.3. The topological polar surface area (TPSA) is 83.6 Å². The third-order valence-electron chi connectivity index (χ3n) is 5.57. The van der Waals surface area contributed by atoms with Crippen LogP contribution in [0.15, 0.2) is 54.6 Å². The summed E-state index contributed by atoms with van der Waals surface area (Å²) in [6, 6.07) is 14.9. The fourth-order valence-corrected chi connectivity index (χ4v) is 5.28. The lowest BCUT2D eigenvalue weighted by Crippen LogP contribution is -2.46. The van der Waals surface area contributed by atoms with E-state index in [1.165, 1.54) is 12.1 Å². The number of sulfone groups is 1. The highest BCUT2D eigenvalue weighted by Crippen LogP contribution is 2.18. The minimum absolute atomic E-state index is 0.00443. The molecule has 0 saturated carbocycles. The Balaban J connectivity index is 1.41. The van der Waals surface area contributed by atoms with Crippen molar-refractivity contribution in [2.24, 2.45) is 5.92 Å². The molecule has 1 saturated heterocycles. The maximum absolute atomic E-state index is 13.0. The maximum atomic E-state index is 13.0. The van der Waals surface area contributed by atoms with Crippen molar-refractivity contribution in [3.8, 4) is 0 Å². The van der Waals surface area contributed by atoms with Crippen LogP contribution in [0.1, 0.15) is 30.4 Å². The Morgan fingerprint density at radius 3 is 2.47 bits per heavy atom. The van der Waals surface area contributed by atoms with Crippen LogP contribution in [0.3, 0.4) is 0 Å². The summed E-state index contributed by atoms with van der Waals surface area (Å²) in [7, 11) is -3.24. The fourth-order valence-electron chi connectivity index (χ4n) is 3.85. The van der Waals surface area contributed by atoms with Gasteiger partial charge in [0.05, 0.1) is 23.8 Å². The Bertz CT molecular complexity index is 1010. The second-order valence-corrected chi connectivity index (χ2v) is 10.4. The smallest absolute Gasteiger partial charge is 0.227 e. The molecule has 2 aromatic rings. The molecule has 0 aliphatic carbocycles. The van der Waals surface area contributed by atoms with E-state index in [0.717, 1.165) is 17.5 Å². The van der Waals surface area contributed by atoms with Gasteiger partial charge in [0.2, 0.25) is 11.8 Å². The van der Waals surface area contributed by atoms with Crippen molar-refractivity contribution >= 4 is 21.7 Å². The van der Waals surface area contributed by atoms with E-state index in [4.69, 9.17) is 0 Å². The van der Waals surface area contributed by atoms with Crippen molar-refractivity contribution in [3.05, 3.63) is 71.5 Å². The molecule has 1 atom stereocenters. The number of hydrogen-bond donors (Lipinski definition) is 1. The van der Waals surface area contributed by atoms with E-state index >= 15 is 0 Å². The van der Waals surface area contributed by atoms with Gasteiger partial charge in [-0.2, -0.15) is 0 Å². The van der Waals surface area contributed by atoms with Crippen LogP contribution in [-0.4, -0.2) is 50.5 Å². The molecule has 0 aromatic heterocycles. The summed E-state index contributed by atoms with van der Waals surface area (Å²) in [6.07, 6.45) is 1.95. The second-order valence-electron chi connectivity index (χ2n) is 8.20. The molecular weight excluding hydrogens is 431 g/mol. The number of benzene rings is 2. The highest BCUT2D eigenvalue weighted by atomic mass is 32.2. The normalized spacial score (nSPS) is 16.5. The lowest BCUT2D eigenvalue weighted by Gasteiger charge is -2.32.